The summed E-state index contributed by atoms with van der Waals surface area (Å²) in [4.78, 5) is 3.41. The van der Waals surface area contributed by atoms with Crippen LogP contribution in [-0.4, -0.2) is 11.1 Å². The minimum atomic E-state index is 0.603. The lowest BCUT2D eigenvalue weighted by Crippen LogP contribution is -2.08. The van der Waals surface area contributed by atoms with Crippen LogP contribution in [0, 0.1) is 26.3 Å². The molecule has 1 aromatic heterocycles. The molecule has 2 heteroatoms. The summed E-state index contributed by atoms with van der Waals surface area (Å²) in [6.45, 7) is 17.3. The molecule has 1 heterocycles. The molecular weight excluding hydrogens is 184 g/mol. The van der Waals surface area contributed by atoms with E-state index < -0.39 is 0 Å². The third kappa shape index (κ3) is 2.86. The molecule has 1 aromatic rings. The van der Waals surface area contributed by atoms with Crippen LogP contribution in [0.5, 0.6) is 0 Å². The largest absolute Gasteiger partial charge is 0.349 e. The van der Waals surface area contributed by atoms with Gasteiger partial charge in [0.05, 0.1) is 0 Å². The zero-order valence-electron chi connectivity index (χ0n) is 10.2. The Bertz CT molecular complexity index is 367. The van der Waals surface area contributed by atoms with Gasteiger partial charge in [-0.15, -0.1) is 0 Å². The minimum Gasteiger partial charge on any atom is -0.349 e. The Morgan fingerprint density at radius 1 is 1.40 bits per heavy atom. The molecule has 0 unspecified atom stereocenters. The molecule has 0 aromatic carbocycles. The van der Waals surface area contributed by atoms with Crippen LogP contribution >= 0.6 is 0 Å². The van der Waals surface area contributed by atoms with E-state index in [1.54, 1.807) is 0 Å². The Morgan fingerprint density at radius 3 is 2.60 bits per heavy atom. The predicted octanol–water partition coefficient (Wildman–Crippen LogP) is 3.22. The third-order valence-electron chi connectivity index (χ3n) is 2.72. The van der Waals surface area contributed by atoms with Crippen LogP contribution in [0.4, 0.5) is 0 Å². The van der Waals surface area contributed by atoms with E-state index in [4.69, 9.17) is 6.57 Å². The van der Waals surface area contributed by atoms with E-state index in [0.29, 0.717) is 12.5 Å². The first-order valence-electron chi connectivity index (χ1n) is 5.55. The molecule has 0 aliphatic rings. The van der Waals surface area contributed by atoms with Crippen molar-refractivity contribution in [1.29, 1.82) is 0 Å². The molecule has 0 aliphatic heterocycles. The molecule has 0 fully saturated rings. The van der Waals surface area contributed by atoms with Crippen molar-refractivity contribution in [1.82, 2.24) is 4.57 Å². The van der Waals surface area contributed by atoms with E-state index in [2.05, 4.69) is 43.2 Å². The van der Waals surface area contributed by atoms with Crippen LogP contribution in [0.1, 0.15) is 30.8 Å². The smallest absolute Gasteiger partial charge is 0.218 e. The number of aryl methyl sites for hydroxylation is 1. The fourth-order valence-electron chi connectivity index (χ4n) is 1.95. The SMILES string of the molecule is [C-]#[N+]CCc1cc(C)n(CC(C)C)c1C. The zero-order chi connectivity index (χ0) is 11.4. The van der Waals surface area contributed by atoms with Crippen LogP contribution in [0.15, 0.2) is 6.07 Å². The standard InChI is InChI=1S/C13H20N2/c1-10(2)9-15-11(3)8-13(12(15)4)6-7-14-5/h8,10H,6-7,9H2,1-4H3. The summed E-state index contributed by atoms with van der Waals surface area (Å²) in [6, 6.07) is 2.23. The molecule has 1 rings (SSSR count). The maximum Gasteiger partial charge on any atom is 0.218 e. The van der Waals surface area contributed by atoms with Gasteiger partial charge in [0.25, 0.3) is 0 Å². The van der Waals surface area contributed by atoms with Gasteiger partial charge >= 0.3 is 0 Å². The third-order valence-corrected chi connectivity index (χ3v) is 2.72. The van der Waals surface area contributed by atoms with Gasteiger partial charge in [-0.25, -0.2) is 6.57 Å². The summed E-state index contributed by atoms with van der Waals surface area (Å²) in [6.07, 6.45) is 0.890. The molecule has 0 radical (unpaired) electrons. The zero-order valence-corrected chi connectivity index (χ0v) is 10.2. The number of hydrogen-bond acceptors (Lipinski definition) is 0. The highest BCUT2D eigenvalue weighted by atomic mass is 15.0. The van der Waals surface area contributed by atoms with Gasteiger partial charge < -0.3 is 9.41 Å². The highest BCUT2D eigenvalue weighted by Gasteiger charge is 2.10. The van der Waals surface area contributed by atoms with E-state index >= 15 is 0 Å². The van der Waals surface area contributed by atoms with Gasteiger partial charge in [0.1, 0.15) is 0 Å². The Balaban J connectivity index is 2.89. The van der Waals surface area contributed by atoms with Gasteiger partial charge in [0.2, 0.25) is 6.54 Å². The summed E-state index contributed by atoms with van der Waals surface area (Å²) in [5.74, 6) is 0.670. The Hall–Kier alpha value is -1.23. The van der Waals surface area contributed by atoms with Crippen molar-refractivity contribution >= 4 is 0 Å². The molecule has 0 aliphatic carbocycles. The van der Waals surface area contributed by atoms with Crippen LogP contribution in [0.3, 0.4) is 0 Å². The second kappa shape index (κ2) is 5.02. The molecule has 0 bridgehead atoms. The van der Waals surface area contributed by atoms with Crippen molar-refractivity contribution in [2.24, 2.45) is 5.92 Å². The summed E-state index contributed by atoms with van der Waals surface area (Å²) in [7, 11) is 0. The van der Waals surface area contributed by atoms with Crippen molar-refractivity contribution in [2.75, 3.05) is 6.54 Å². The maximum absolute atomic E-state index is 6.81. The van der Waals surface area contributed by atoms with Gasteiger partial charge in [0, 0.05) is 24.4 Å². The predicted molar refractivity (Wildman–Crippen MR) is 63.9 cm³/mol. The van der Waals surface area contributed by atoms with E-state index in [1.807, 2.05) is 0 Å². The van der Waals surface area contributed by atoms with Gasteiger partial charge in [-0.05, 0) is 31.4 Å². The number of hydrogen-bond donors (Lipinski definition) is 0. The van der Waals surface area contributed by atoms with Crippen molar-refractivity contribution in [2.45, 2.75) is 40.7 Å². The minimum absolute atomic E-state index is 0.603. The lowest BCUT2D eigenvalue weighted by Gasteiger charge is -2.12. The van der Waals surface area contributed by atoms with Gasteiger partial charge in [-0.1, -0.05) is 13.8 Å². The van der Waals surface area contributed by atoms with Crippen LogP contribution in [0.25, 0.3) is 4.85 Å². The molecule has 0 saturated carbocycles. The van der Waals surface area contributed by atoms with E-state index in [1.165, 1.54) is 17.0 Å². The monoisotopic (exact) mass is 204 g/mol. The normalized spacial score (nSPS) is 10.7. The lowest BCUT2D eigenvalue weighted by molar-refractivity contribution is 0.508. The van der Waals surface area contributed by atoms with E-state index in [0.717, 1.165) is 13.0 Å². The lowest BCUT2D eigenvalue weighted by atomic mass is 10.2. The van der Waals surface area contributed by atoms with Gasteiger partial charge in [-0.2, -0.15) is 0 Å². The Kier molecular flexibility index (Phi) is 3.96. The first kappa shape index (κ1) is 11.8. The van der Waals surface area contributed by atoms with Crippen LogP contribution in [-0.2, 0) is 13.0 Å². The summed E-state index contributed by atoms with van der Waals surface area (Å²) in [5.41, 5.74) is 4.00. The summed E-state index contributed by atoms with van der Waals surface area (Å²) >= 11 is 0. The van der Waals surface area contributed by atoms with Crippen molar-refractivity contribution in [3.05, 3.63) is 34.4 Å². The maximum atomic E-state index is 6.81. The second-order valence-electron chi connectivity index (χ2n) is 4.53. The second-order valence-corrected chi connectivity index (χ2v) is 4.53. The summed E-state index contributed by atoms with van der Waals surface area (Å²) < 4.78 is 2.37. The first-order valence-corrected chi connectivity index (χ1v) is 5.55. The molecule has 2 nitrogen and oxygen atoms in total. The molecule has 0 spiro atoms. The summed E-state index contributed by atoms with van der Waals surface area (Å²) in [5, 5.41) is 0. The molecule has 0 atom stereocenters. The van der Waals surface area contributed by atoms with Crippen LogP contribution < -0.4 is 0 Å². The molecule has 82 valence electrons. The molecule has 15 heavy (non-hydrogen) atoms. The van der Waals surface area contributed by atoms with Crippen molar-refractivity contribution < 1.29 is 0 Å². The topological polar surface area (TPSA) is 9.29 Å². The quantitative estimate of drug-likeness (QED) is 0.666. The Labute approximate surface area is 92.7 Å². The van der Waals surface area contributed by atoms with Crippen LogP contribution in [0.2, 0.25) is 0 Å². The fourth-order valence-corrected chi connectivity index (χ4v) is 1.95. The van der Waals surface area contributed by atoms with Gasteiger partial charge in [-0.3, -0.25) is 0 Å². The molecule has 0 amide bonds. The van der Waals surface area contributed by atoms with Gasteiger partial charge in [0.15, 0.2) is 0 Å². The van der Waals surface area contributed by atoms with E-state index in [-0.39, 0.29) is 0 Å². The number of aromatic nitrogens is 1. The van der Waals surface area contributed by atoms with Crippen molar-refractivity contribution in [3.63, 3.8) is 0 Å². The average molecular weight is 204 g/mol. The highest BCUT2D eigenvalue weighted by Crippen LogP contribution is 2.17. The molecule has 0 N–H and O–H groups in total. The number of rotatable bonds is 4. The molecular formula is C13H20N2. The fraction of sp³-hybridized carbons (Fsp3) is 0.615. The molecule has 0 saturated heterocycles. The first-order chi connectivity index (χ1) is 7.06. The number of nitrogens with zero attached hydrogens (tertiary/aromatic N) is 2. The van der Waals surface area contributed by atoms with E-state index in [9.17, 15) is 0 Å². The Morgan fingerprint density at radius 2 is 2.07 bits per heavy atom. The van der Waals surface area contributed by atoms with Crippen molar-refractivity contribution in [3.8, 4) is 0 Å². The average Bonchev–Trinajstić information content (AvgIpc) is 2.42. The highest BCUT2D eigenvalue weighted by molar-refractivity contribution is 5.27.